The Bertz CT molecular complexity index is 1090. The molecule has 5 nitrogen and oxygen atoms in total. The SMILES string of the molecule is Cc1c(C(=O)NCCc2ccccc2)cccc1-n1cnc2cccnc21. The van der Waals surface area contributed by atoms with Crippen LogP contribution in [-0.2, 0) is 6.42 Å². The van der Waals surface area contributed by atoms with E-state index in [9.17, 15) is 4.79 Å². The van der Waals surface area contributed by atoms with E-state index >= 15 is 0 Å². The number of pyridine rings is 1. The molecule has 0 radical (unpaired) electrons. The van der Waals surface area contributed by atoms with Crippen LogP contribution in [0.2, 0.25) is 0 Å². The van der Waals surface area contributed by atoms with Crippen LogP contribution in [0.5, 0.6) is 0 Å². The standard InChI is InChI=1S/C22H20N4O/c1-16-18(22(27)24-14-12-17-7-3-2-4-8-17)9-5-11-20(16)26-15-25-19-10-6-13-23-21(19)26/h2-11,13,15H,12,14H2,1H3,(H,24,27). The predicted molar refractivity (Wildman–Crippen MR) is 106 cm³/mol. The summed E-state index contributed by atoms with van der Waals surface area (Å²) >= 11 is 0. The summed E-state index contributed by atoms with van der Waals surface area (Å²) in [7, 11) is 0. The molecule has 0 aliphatic heterocycles. The van der Waals surface area contributed by atoms with Gasteiger partial charge in [-0.1, -0.05) is 36.4 Å². The highest BCUT2D eigenvalue weighted by molar-refractivity contribution is 5.96. The van der Waals surface area contributed by atoms with Gasteiger partial charge in [0, 0.05) is 18.3 Å². The van der Waals surface area contributed by atoms with Gasteiger partial charge in [0.2, 0.25) is 0 Å². The van der Waals surface area contributed by atoms with Crippen molar-refractivity contribution in [3.63, 3.8) is 0 Å². The van der Waals surface area contributed by atoms with E-state index in [1.165, 1.54) is 5.56 Å². The highest BCUT2D eigenvalue weighted by atomic mass is 16.1. The smallest absolute Gasteiger partial charge is 0.251 e. The lowest BCUT2D eigenvalue weighted by Crippen LogP contribution is -2.26. The van der Waals surface area contributed by atoms with E-state index in [0.29, 0.717) is 12.1 Å². The number of rotatable bonds is 5. The summed E-state index contributed by atoms with van der Waals surface area (Å²) in [4.78, 5) is 21.5. The maximum Gasteiger partial charge on any atom is 0.251 e. The summed E-state index contributed by atoms with van der Waals surface area (Å²) in [6.07, 6.45) is 4.30. The second-order valence-electron chi connectivity index (χ2n) is 6.40. The molecule has 27 heavy (non-hydrogen) atoms. The summed E-state index contributed by atoms with van der Waals surface area (Å²) in [5.41, 5.74) is 5.29. The van der Waals surface area contributed by atoms with Gasteiger partial charge < -0.3 is 5.32 Å². The van der Waals surface area contributed by atoms with Crippen LogP contribution in [0.1, 0.15) is 21.5 Å². The van der Waals surface area contributed by atoms with Gasteiger partial charge in [-0.3, -0.25) is 9.36 Å². The topological polar surface area (TPSA) is 59.8 Å². The number of imidazole rings is 1. The highest BCUT2D eigenvalue weighted by Gasteiger charge is 2.14. The maximum atomic E-state index is 12.7. The number of fused-ring (bicyclic) bond motifs is 1. The first-order valence-electron chi connectivity index (χ1n) is 8.94. The monoisotopic (exact) mass is 356 g/mol. The number of amides is 1. The number of nitrogens with one attached hydrogen (secondary N) is 1. The third-order valence-corrected chi connectivity index (χ3v) is 4.66. The summed E-state index contributed by atoms with van der Waals surface area (Å²) in [6.45, 7) is 2.55. The fourth-order valence-electron chi connectivity index (χ4n) is 3.22. The van der Waals surface area contributed by atoms with E-state index in [4.69, 9.17) is 0 Å². The largest absolute Gasteiger partial charge is 0.352 e. The molecule has 2 aromatic carbocycles. The molecule has 134 valence electrons. The highest BCUT2D eigenvalue weighted by Crippen LogP contribution is 2.22. The molecule has 2 heterocycles. The number of hydrogen-bond acceptors (Lipinski definition) is 3. The van der Waals surface area contributed by atoms with E-state index in [-0.39, 0.29) is 5.91 Å². The van der Waals surface area contributed by atoms with Crippen LogP contribution >= 0.6 is 0 Å². The Morgan fingerprint density at radius 3 is 2.70 bits per heavy atom. The van der Waals surface area contributed by atoms with Gasteiger partial charge in [-0.15, -0.1) is 0 Å². The van der Waals surface area contributed by atoms with Gasteiger partial charge >= 0.3 is 0 Å². The minimum absolute atomic E-state index is 0.0670. The molecule has 0 atom stereocenters. The molecular weight excluding hydrogens is 336 g/mol. The van der Waals surface area contributed by atoms with Crippen LogP contribution in [0.25, 0.3) is 16.9 Å². The van der Waals surface area contributed by atoms with Crippen molar-refractivity contribution in [2.75, 3.05) is 6.54 Å². The quantitative estimate of drug-likeness (QED) is 0.593. The summed E-state index contributed by atoms with van der Waals surface area (Å²) in [5, 5.41) is 3.02. The summed E-state index contributed by atoms with van der Waals surface area (Å²) < 4.78 is 1.92. The first-order chi connectivity index (χ1) is 13.2. The van der Waals surface area contributed by atoms with Crippen LogP contribution < -0.4 is 5.32 Å². The molecule has 2 aromatic heterocycles. The van der Waals surface area contributed by atoms with Crippen molar-refractivity contribution >= 4 is 17.1 Å². The zero-order chi connectivity index (χ0) is 18.6. The number of carbonyl (C=O) groups excluding carboxylic acids is 1. The van der Waals surface area contributed by atoms with E-state index < -0.39 is 0 Å². The average molecular weight is 356 g/mol. The molecule has 1 amide bonds. The molecule has 4 aromatic rings. The van der Waals surface area contributed by atoms with Gasteiger partial charge in [-0.25, -0.2) is 9.97 Å². The maximum absolute atomic E-state index is 12.7. The molecule has 0 unspecified atom stereocenters. The lowest BCUT2D eigenvalue weighted by Gasteiger charge is -2.13. The van der Waals surface area contributed by atoms with Crippen molar-refractivity contribution in [2.45, 2.75) is 13.3 Å². The summed E-state index contributed by atoms with van der Waals surface area (Å²) in [6, 6.07) is 19.6. The normalized spacial score (nSPS) is 10.9. The molecule has 5 heteroatoms. The average Bonchev–Trinajstić information content (AvgIpc) is 3.13. The minimum Gasteiger partial charge on any atom is -0.352 e. The number of nitrogens with zero attached hydrogens (tertiary/aromatic N) is 3. The second-order valence-corrected chi connectivity index (χ2v) is 6.40. The molecule has 0 spiro atoms. The predicted octanol–water partition coefficient (Wildman–Crippen LogP) is 3.70. The molecule has 1 N–H and O–H groups in total. The van der Waals surface area contributed by atoms with E-state index in [0.717, 1.165) is 28.8 Å². The molecule has 0 saturated carbocycles. The molecule has 0 fully saturated rings. The van der Waals surface area contributed by atoms with E-state index in [1.807, 2.05) is 60.0 Å². The van der Waals surface area contributed by atoms with Crippen molar-refractivity contribution in [2.24, 2.45) is 0 Å². The molecule has 0 aliphatic rings. The minimum atomic E-state index is -0.0670. The van der Waals surface area contributed by atoms with Crippen molar-refractivity contribution in [1.82, 2.24) is 19.9 Å². The number of aromatic nitrogens is 3. The van der Waals surface area contributed by atoms with E-state index in [2.05, 4.69) is 27.4 Å². The van der Waals surface area contributed by atoms with Crippen molar-refractivity contribution in [1.29, 1.82) is 0 Å². The molecule has 4 rings (SSSR count). The van der Waals surface area contributed by atoms with Gasteiger partial charge in [0.25, 0.3) is 5.91 Å². The Labute approximate surface area is 157 Å². The number of carbonyl (C=O) groups is 1. The zero-order valence-corrected chi connectivity index (χ0v) is 15.1. The van der Waals surface area contributed by atoms with Crippen molar-refractivity contribution in [3.8, 4) is 5.69 Å². The summed E-state index contributed by atoms with van der Waals surface area (Å²) in [5.74, 6) is -0.0670. The lowest BCUT2D eigenvalue weighted by atomic mass is 10.1. The van der Waals surface area contributed by atoms with Gasteiger partial charge in [-0.2, -0.15) is 0 Å². The third-order valence-electron chi connectivity index (χ3n) is 4.66. The van der Waals surface area contributed by atoms with Gasteiger partial charge in [0.1, 0.15) is 11.8 Å². The Kier molecular flexibility index (Phi) is 4.66. The Balaban J connectivity index is 1.55. The molecule has 0 aliphatic carbocycles. The lowest BCUT2D eigenvalue weighted by molar-refractivity contribution is 0.0953. The van der Waals surface area contributed by atoms with Crippen LogP contribution in [0.15, 0.2) is 73.2 Å². The van der Waals surface area contributed by atoms with Gasteiger partial charge in [0.05, 0.1) is 5.69 Å². The van der Waals surface area contributed by atoms with Gasteiger partial charge in [-0.05, 0) is 48.7 Å². The van der Waals surface area contributed by atoms with E-state index in [1.54, 1.807) is 12.5 Å². The fraction of sp³-hybridized carbons (Fsp3) is 0.136. The molecule has 0 saturated heterocycles. The fourth-order valence-corrected chi connectivity index (χ4v) is 3.22. The van der Waals surface area contributed by atoms with Crippen LogP contribution in [0.4, 0.5) is 0 Å². The number of hydrogen-bond donors (Lipinski definition) is 1. The Morgan fingerprint density at radius 2 is 1.85 bits per heavy atom. The Morgan fingerprint density at radius 1 is 1.00 bits per heavy atom. The Hall–Kier alpha value is -3.47. The number of benzene rings is 2. The first kappa shape index (κ1) is 17.0. The van der Waals surface area contributed by atoms with Crippen LogP contribution in [-0.4, -0.2) is 27.0 Å². The second kappa shape index (κ2) is 7.41. The first-order valence-corrected chi connectivity index (χ1v) is 8.94. The zero-order valence-electron chi connectivity index (χ0n) is 15.1. The molecular formula is C22H20N4O. The van der Waals surface area contributed by atoms with Gasteiger partial charge in [0.15, 0.2) is 5.65 Å². The van der Waals surface area contributed by atoms with Crippen molar-refractivity contribution < 1.29 is 4.79 Å². The van der Waals surface area contributed by atoms with Crippen LogP contribution in [0, 0.1) is 6.92 Å². The molecule has 0 bridgehead atoms. The van der Waals surface area contributed by atoms with Crippen molar-refractivity contribution in [3.05, 3.63) is 89.9 Å². The third kappa shape index (κ3) is 3.44. The van der Waals surface area contributed by atoms with Crippen LogP contribution in [0.3, 0.4) is 0 Å².